The molecule has 1 aliphatic heterocycles. The lowest BCUT2D eigenvalue weighted by Crippen LogP contribution is -2.50. The van der Waals surface area contributed by atoms with Gasteiger partial charge in [-0.3, -0.25) is 14.6 Å². The van der Waals surface area contributed by atoms with E-state index in [4.69, 9.17) is 4.52 Å². The number of aliphatic hydroxyl groups excluding tert-OH is 1. The van der Waals surface area contributed by atoms with Gasteiger partial charge in [-0.25, -0.2) is 4.98 Å². The molecule has 2 N–H and O–H groups in total. The Hall–Kier alpha value is -2.75. The Morgan fingerprint density at radius 3 is 2.52 bits per heavy atom. The van der Waals surface area contributed by atoms with E-state index in [0.29, 0.717) is 31.2 Å². The lowest BCUT2D eigenvalue weighted by Gasteiger charge is -2.35. The lowest BCUT2D eigenvalue weighted by atomic mass is 10.1. The molecule has 1 atom stereocenters. The van der Waals surface area contributed by atoms with Gasteiger partial charge in [0.05, 0.1) is 36.6 Å². The fourth-order valence-corrected chi connectivity index (χ4v) is 3.98. The van der Waals surface area contributed by atoms with Crippen molar-refractivity contribution in [2.75, 3.05) is 44.6 Å². The predicted octanol–water partition coefficient (Wildman–Crippen LogP) is 1.57. The van der Waals surface area contributed by atoms with Gasteiger partial charge in [-0.15, -0.1) is 0 Å². The number of nitrogens with one attached hydrogen (secondary N) is 1. The maximum atomic E-state index is 12.2. The topological polar surface area (TPSA) is 99.7 Å². The van der Waals surface area contributed by atoms with Crippen LogP contribution in [0.15, 0.2) is 29.0 Å². The van der Waals surface area contributed by atoms with Crippen LogP contribution in [0.2, 0.25) is 0 Å². The molecular weight excluding hydrogens is 396 g/mol. The number of amides is 1. The number of nitrogens with zero attached hydrogens (tertiary/aromatic N) is 5. The van der Waals surface area contributed by atoms with Gasteiger partial charge in [-0.05, 0) is 44.0 Å². The maximum Gasteiger partial charge on any atom is 0.239 e. The number of aromatic nitrogens is 3. The van der Waals surface area contributed by atoms with Gasteiger partial charge >= 0.3 is 0 Å². The fourth-order valence-electron chi connectivity index (χ4n) is 3.98. The smallest absolute Gasteiger partial charge is 0.239 e. The van der Waals surface area contributed by atoms with Crippen LogP contribution in [0.4, 0.5) is 5.82 Å². The first-order chi connectivity index (χ1) is 14.9. The summed E-state index contributed by atoms with van der Waals surface area (Å²) >= 11 is 0. The van der Waals surface area contributed by atoms with Crippen molar-refractivity contribution in [3.8, 4) is 0 Å². The van der Waals surface area contributed by atoms with Crippen LogP contribution in [0.1, 0.15) is 16.9 Å². The Labute approximate surface area is 181 Å². The average molecular weight is 427 g/mol. The first-order valence-electron chi connectivity index (χ1n) is 10.7. The number of benzene rings is 1. The van der Waals surface area contributed by atoms with E-state index in [2.05, 4.69) is 51.2 Å². The molecule has 1 fully saturated rings. The van der Waals surface area contributed by atoms with Gasteiger partial charge < -0.3 is 19.5 Å². The number of imidazole rings is 1. The minimum atomic E-state index is -0.482. The van der Waals surface area contributed by atoms with E-state index >= 15 is 0 Å². The number of rotatable bonds is 7. The normalized spacial score (nSPS) is 16.6. The van der Waals surface area contributed by atoms with E-state index in [9.17, 15) is 9.90 Å². The molecule has 4 rings (SSSR count). The van der Waals surface area contributed by atoms with Crippen LogP contribution in [0.5, 0.6) is 0 Å². The number of anilines is 1. The monoisotopic (exact) mass is 426 g/mol. The summed E-state index contributed by atoms with van der Waals surface area (Å²) in [5, 5.41) is 17.2. The summed E-state index contributed by atoms with van der Waals surface area (Å²) in [5.41, 5.74) is 4.46. The maximum absolute atomic E-state index is 12.2. The summed E-state index contributed by atoms with van der Waals surface area (Å²) in [4.78, 5) is 21.0. The quantitative estimate of drug-likeness (QED) is 0.592. The number of β-amino-alcohol motifs (C(OH)–C–C–N with tert-alkyl or cyclic N) is 1. The Morgan fingerprint density at radius 2 is 1.81 bits per heavy atom. The second-order valence-electron chi connectivity index (χ2n) is 8.42. The first-order valence-corrected chi connectivity index (χ1v) is 10.7. The molecule has 1 saturated heterocycles. The van der Waals surface area contributed by atoms with Gasteiger partial charge in [0.25, 0.3) is 0 Å². The highest BCUT2D eigenvalue weighted by Crippen LogP contribution is 2.19. The van der Waals surface area contributed by atoms with Gasteiger partial charge in [-0.2, -0.15) is 0 Å². The van der Waals surface area contributed by atoms with Crippen molar-refractivity contribution < 1.29 is 14.4 Å². The molecule has 0 bridgehead atoms. The minimum Gasteiger partial charge on any atom is -0.390 e. The number of aliphatic hydroxyl groups is 1. The minimum absolute atomic E-state index is 0.0979. The van der Waals surface area contributed by atoms with E-state index in [-0.39, 0.29) is 5.91 Å². The Balaban J connectivity index is 1.23. The molecule has 0 aliphatic carbocycles. The highest BCUT2D eigenvalue weighted by molar-refractivity contribution is 5.91. The molecule has 31 heavy (non-hydrogen) atoms. The zero-order valence-corrected chi connectivity index (χ0v) is 18.3. The first kappa shape index (κ1) is 21.5. The van der Waals surface area contributed by atoms with E-state index in [1.165, 1.54) is 11.1 Å². The summed E-state index contributed by atoms with van der Waals surface area (Å²) in [6.45, 7) is 10.6. The van der Waals surface area contributed by atoms with Gasteiger partial charge in [0, 0.05) is 38.8 Å². The number of hydrogen-bond acceptors (Lipinski definition) is 7. The van der Waals surface area contributed by atoms with Crippen molar-refractivity contribution in [2.45, 2.75) is 33.4 Å². The van der Waals surface area contributed by atoms with Crippen LogP contribution in [0.3, 0.4) is 0 Å². The number of carbonyl (C=O) groups excluding carboxylic acids is 1. The van der Waals surface area contributed by atoms with E-state index < -0.39 is 6.10 Å². The van der Waals surface area contributed by atoms with Crippen LogP contribution >= 0.6 is 0 Å². The molecule has 0 saturated carbocycles. The Kier molecular flexibility index (Phi) is 6.35. The molecule has 1 aliphatic rings. The third-order valence-corrected chi connectivity index (χ3v) is 5.84. The molecule has 0 spiro atoms. The van der Waals surface area contributed by atoms with Crippen LogP contribution in [0, 0.1) is 20.8 Å². The standard InChI is InChI=1S/C22H30N6O3/c1-15-8-19-20(9-16(15)2)28(14-23-19)12-18(29)11-26-4-6-27(7-5-26)13-22(30)24-21-10-17(3)31-25-21/h8-10,14,18,29H,4-7,11-13H2,1-3H3,(H,24,25,30). The van der Waals surface area contributed by atoms with Gasteiger partial charge in [0.15, 0.2) is 5.82 Å². The summed E-state index contributed by atoms with van der Waals surface area (Å²) in [6.07, 6.45) is 1.32. The number of piperazine rings is 1. The zero-order valence-electron chi connectivity index (χ0n) is 18.3. The predicted molar refractivity (Wildman–Crippen MR) is 118 cm³/mol. The van der Waals surface area contributed by atoms with Crippen molar-refractivity contribution in [2.24, 2.45) is 0 Å². The number of carbonyl (C=O) groups is 1. The second kappa shape index (κ2) is 9.17. The number of aryl methyl sites for hydroxylation is 3. The van der Waals surface area contributed by atoms with Gasteiger partial charge in [-0.1, -0.05) is 5.16 Å². The summed E-state index contributed by atoms with van der Waals surface area (Å²) < 4.78 is 6.99. The van der Waals surface area contributed by atoms with Crippen LogP contribution in [-0.2, 0) is 11.3 Å². The van der Waals surface area contributed by atoms with E-state index in [1.807, 2.05) is 4.57 Å². The van der Waals surface area contributed by atoms with Crippen molar-refractivity contribution in [3.05, 3.63) is 41.4 Å². The summed E-state index contributed by atoms with van der Waals surface area (Å²) in [5.74, 6) is 1.01. The molecule has 1 amide bonds. The van der Waals surface area contributed by atoms with Crippen molar-refractivity contribution in [1.82, 2.24) is 24.5 Å². The zero-order chi connectivity index (χ0) is 22.0. The molecule has 1 aromatic carbocycles. The highest BCUT2D eigenvalue weighted by atomic mass is 16.5. The van der Waals surface area contributed by atoms with Crippen LogP contribution < -0.4 is 5.32 Å². The number of fused-ring (bicyclic) bond motifs is 1. The highest BCUT2D eigenvalue weighted by Gasteiger charge is 2.21. The molecular formula is C22H30N6O3. The third kappa shape index (κ3) is 5.30. The van der Waals surface area contributed by atoms with Crippen molar-refractivity contribution in [1.29, 1.82) is 0 Å². The van der Waals surface area contributed by atoms with E-state index in [0.717, 1.165) is 37.2 Å². The van der Waals surface area contributed by atoms with Gasteiger partial charge in [0.2, 0.25) is 5.91 Å². The van der Waals surface area contributed by atoms with Gasteiger partial charge in [0.1, 0.15) is 5.76 Å². The largest absolute Gasteiger partial charge is 0.390 e. The molecule has 2 aromatic heterocycles. The Morgan fingerprint density at radius 1 is 1.10 bits per heavy atom. The van der Waals surface area contributed by atoms with Crippen LogP contribution in [-0.4, -0.2) is 80.9 Å². The average Bonchev–Trinajstić information content (AvgIpc) is 3.29. The lowest BCUT2D eigenvalue weighted by molar-refractivity contribution is -0.117. The third-order valence-electron chi connectivity index (χ3n) is 5.84. The summed E-state index contributed by atoms with van der Waals surface area (Å²) in [6, 6.07) is 5.92. The SMILES string of the molecule is Cc1cc(NC(=O)CN2CCN(CC(O)Cn3cnc4cc(C)c(C)cc43)CC2)no1. The summed E-state index contributed by atoms with van der Waals surface area (Å²) in [7, 11) is 0. The molecule has 3 aromatic rings. The number of hydrogen-bond donors (Lipinski definition) is 2. The van der Waals surface area contributed by atoms with Crippen molar-refractivity contribution >= 4 is 22.8 Å². The Bertz CT molecular complexity index is 1050. The fraction of sp³-hybridized carbons (Fsp3) is 0.500. The van der Waals surface area contributed by atoms with Crippen LogP contribution in [0.25, 0.3) is 11.0 Å². The molecule has 9 heteroatoms. The second-order valence-corrected chi connectivity index (χ2v) is 8.42. The van der Waals surface area contributed by atoms with Crippen molar-refractivity contribution in [3.63, 3.8) is 0 Å². The molecule has 3 heterocycles. The molecule has 0 radical (unpaired) electrons. The molecule has 9 nitrogen and oxygen atoms in total. The molecule has 1 unspecified atom stereocenters. The van der Waals surface area contributed by atoms with E-state index in [1.54, 1.807) is 19.3 Å². The molecule has 166 valence electrons.